The molecule has 128 valence electrons. The summed E-state index contributed by atoms with van der Waals surface area (Å²) in [4.78, 5) is 0. The fourth-order valence-electron chi connectivity index (χ4n) is 1.20. The van der Waals surface area contributed by atoms with E-state index >= 15 is 0 Å². The zero-order chi connectivity index (χ0) is 17.3. The maximum Gasteiger partial charge on any atom is 1.00 e. The number of unbranched alkanes of at least 4 members (excludes halogenated alkanes) is 1. The van der Waals surface area contributed by atoms with E-state index in [0.29, 0.717) is 0 Å². The first-order valence-corrected chi connectivity index (χ1v) is 6.52. The Kier molecular flexibility index (Phi) is 8.30. The third kappa shape index (κ3) is 5.73. The van der Waals surface area contributed by atoms with Crippen LogP contribution in [0.2, 0.25) is 0 Å². The minimum atomic E-state index is -7.09. The van der Waals surface area contributed by atoms with Gasteiger partial charge >= 0.3 is 52.8 Å². The molecule has 0 aromatic carbocycles. The van der Waals surface area contributed by atoms with Crippen LogP contribution >= 0.6 is 0 Å². The van der Waals surface area contributed by atoms with Gasteiger partial charge in [0.15, 0.2) is 10.1 Å². The smallest absolute Gasteiger partial charge is 0.743 e. The van der Waals surface area contributed by atoms with Crippen LogP contribution in [0.1, 0.15) is 25.7 Å². The summed E-state index contributed by atoms with van der Waals surface area (Å²) in [5, 5.41) is -6.59. The van der Waals surface area contributed by atoms with Crippen LogP contribution < -0.4 is 29.6 Å². The Labute approximate surface area is 141 Å². The van der Waals surface area contributed by atoms with Crippen LogP contribution in [-0.4, -0.2) is 36.2 Å². The molecule has 0 aromatic rings. The zero-order valence-corrected chi connectivity index (χ0v) is 13.7. The van der Waals surface area contributed by atoms with Crippen LogP contribution in [-0.2, 0) is 10.1 Å². The molecule has 0 saturated carbocycles. The Hall–Kier alpha value is 0.280. The summed E-state index contributed by atoms with van der Waals surface area (Å²) >= 11 is 0. The van der Waals surface area contributed by atoms with Gasteiger partial charge in [-0.1, -0.05) is 0 Å². The minimum Gasteiger partial charge on any atom is -0.743 e. The molecule has 0 unspecified atom stereocenters. The summed E-state index contributed by atoms with van der Waals surface area (Å²) in [7, 11) is -7.09. The molecule has 0 N–H and O–H groups in total. The largest absolute Gasteiger partial charge is 1.00 e. The molecule has 0 rings (SSSR count). The second-order valence-electron chi connectivity index (χ2n) is 4.07. The van der Waals surface area contributed by atoms with Gasteiger partial charge in [0.1, 0.15) is 0 Å². The molecule has 0 atom stereocenters. The number of hydrogen-bond donors (Lipinski definition) is 0. The van der Waals surface area contributed by atoms with Crippen LogP contribution in [0, 0.1) is 0 Å². The molecule has 0 amide bonds. The molecule has 0 saturated heterocycles. The number of alkyl halides is 9. The van der Waals surface area contributed by atoms with Gasteiger partial charge < -0.3 is 4.55 Å². The van der Waals surface area contributed by atoms with Crippen molar-refractivity contribution >= 4 is 10.1 Å². The number of hydrogen-bond acceptors (Lipinski definition) is 3. The Morgan fingerprint density at radius 3 is 1.45 bits per heavy atom. The van der Waals surface area contributed by atoms with Crippen molar-refractivity contribution in [1.82, 2.24) is 0 Å². The van der Waals surface area contributed by atoms with E-state index < -0.39 is 59.1 Å². The van der Waals surface area contributed by atoms with Gasteiger partial charge in [-0.25, -0.2) is 8.42 Å². The van der Waals surface area contributed by atoms with Crippen LogP contribution in [0.25, 0.3) is 0 Å². The fraction of sp³-hybridized carbons (Fsp3) is 1.00. The van der Waals surface area contributed by atoms with Crippen molar-refractivity contribution in [3.05, 3.63) is 0 Å². The van der Waals surface area contributed by atoms with Crippen molar-refractivity contribution in [2.24, 2.45) is 0 Å². The van der Waals surface area contributed by atoms with Gasteiger partial charge in [0.25, 0.3) is 0 Å². The van der Waals surface area contributed by atoms with Crippen LogP contribution in [0.3, 0.4) is 0 Å². The van der Waals surface area contributed by atoms with Crippen LogP contribution in [0.4, 0.5) is 39.5 Å². The summed E-state index contributed by atoms with van der Waals surface area (Å²) in [6, 6.07) is 0. The average molecular weight is 378 g/mol. The molecule has 14 heteroatoms. The summed E-state index contributed by atoms with van der Waals surface area (Å²) < 4.78 is 142. The van der Waals surface area contributed by atoms with Crippen molar-refractivity contribution in [2.45, 2.75) is 49.0 Å². The van der Waals surface area contributed by atoms with Crippen molar-refractivity contribution in [3.63, 3.8) is 0 Å². The third-order valence-corrected chi connectivity index (χ3v) is 3.22. The van der Waals surface area contributed by atoms with E-state index in [-0.39, 0.29) is 29.6 Å². The Bertz CT molecular complexity index is 460. The average Bonchev–Trinajstić information content (AvgIpc) is 2.21. The normalized spacial score (nSPS) is 14.6. The van der Waals surface area contributed by atoms with Gasteiger partial charge in [0, 0.05) is 12.8 Å². The van der Waals surface area contributed by atoms with E-state index in [1.165, 1.54) is 0 Å². The molecule has 0 fully saturated rings. The van der Waals surface area contributed by atoms with Gasteiger partial charge in [-0.2, -0.15) is 39.5 Å². The molecular weight excluding hydrogens is 370 g/mol. The fourth-order valence-corrected chi connectivity index (χ4v) is 1.66. The molecule has 0 aromatic heterocycles. The van der Waals surface area contributed by atoms with E-state index in [2.05, 4.69) is 0 Å². The molecule has 3 nitrogen and oxygen atoms in total. The predicted molar refractivity (Wildman–Crippen MR) is 49.1 cm³/mol. The van der Waals surface area contributed by atoms with Crippen molar-refractivity contribution in [2.75, 3.05) is 0 Å². The van der Waals surface area contributed by atoms with E-state index in [4.69, 9.17) is 0 Å². The van der Waals surface area contributed by atoms with Gasteiger partial charge in [-0.15, -0.1) is 0 Å². The maximum absolute atomic E-state index is 12.9. The molecule has 22 heavy (non-hydrogen) atoms. The summed E-state index contributed by atoms with van der Waals surface area (Å²) in [6.07, 6.45) is -10.8. The van der Waals surface area contributed by atoms with Crippen LogP contribution in [0.5, 0.6) is 0 Å². The summed E-state index contributed by atoms with van der Waals surface area (Å²) in [5.41, 5.74) is 0. The molecule has 0 heterocycles. The quantitative estimate of drug-likeness (QED) is 0.281. The third-order valence-electron chi connectivity index (χ3n) is 2.34. The molecule has 0 aliphatic carbocycles. The molecule has 0 bridgehead atoms. The van der Waals surface area contributed by atoms with E-state index in [1.54, 1.807) is 0 Å². The minimum absolute atomic E-state index is 0. The Morgan fingerprint density at radius 1 is 0.773 bits per heavy atom. The summed E-state index contributed by atoms with van der Waals surface area (Å²) in [6.45, 7) is 0. The second kappa shape index (κ2) is 7.45. The van der Waals surface area contributed by atoms with Gasteiger partial charge in [-0.3, -0.25) is 0 Å². The standard InChI is InChI=1S/C8H9F9O3S.Na/c9-5(10,3-1-2-4-6(11,12)13)7(14,15)8(16,17)21(18,19)20;/h1-4H2,(H,18,19,20);/q;+1/p-1. The van der Waals surface area contributed by atoms with Gasteiger partial charge in [0.05, 0.1) is 0 Å². The van der Waals surface area contributed by atoms with Gasteiger partial charge in [0.2, 0.25) is 0 Å². The second-order valence-corrected chi connectivity index (χ2v) is 5.49. The first-order valence-electron chi connectivity index (χ1n) is 5.11. The Morgan fingerprint density at radius 2 is 1.14 bits per heavy atom. The molecule has 0 radical (unpaired) electrons. The van der Waals surface area contributed by atoms with Gasteiger partial charge in [-0.05, 0) is 12.8 Å². The van der Waals surface area contributed by atoms with E-state index in [9.17, 15) is 52.5 Å². The zero-order valence-electron chi connectivity index (χ0n) is 10.9. The topological polar surface area (TPSA) is 57.2 Å². The van der Waals surface area contributed by atoms with E-state index in [1.807, 2.05) is 0 Å². The summed E-state index contributed by atoms with van der Waals surface area (Å²) in [5.74, 6) is -12.2. The monoisotopic (exact) mass is 378 g/mol. The number of rotatable bonds is 7. The maximum atomic E-state index is 12.9. The molecule has 0 aliphatic heterocycles. The Balaban J connectivity index is 0. The molecule has 0 aliphatic rings. The van der Waals surface area contributed by atoms with Crippen LogP contribution in [0.15, 0.2) is 0 Å². The molecular formula is C8H8F9NaO3S. The SMILES string of the molecule is O=S(=O)([O-])C(F)(F)C(F)(F)C(F)(F)CCCCC(F)(F)F.[Na+]. The van der Waals surface area contributed by atoms with Crippen molar-refractivity contribution in [3.8, 4) is 0 Å². The van der Waals surface area contributed by atoms with E-state index in [0.717, 1.165) is 0 Å². The van der Waals surface area contributed by atoms with Crippen molar-refractivity contribution < 1.29 is 82.0 Å². The predicted octanol–water partition coefficient (Wildman–Crippen LogP) is 0.522. The van der Waals surface area contributed by atoms with Crippen molar-refractivity contribution in [1.29, 1.82) is 0 Å². The first kappa shape index (κ1) is 24.5. The molecule has 0 spiro atoms. The number of halogens is 9. The first-order chi connectivity index (χ1) is 8.96.